The lowest BCUT2D eigenvalue weighted by molar-refractivity contribution is -0.137. The Morgan fingerprint density at radius 3 is 2.50 bits per heavy atom. The van der Waals surface area contributed by atoms with E-state index in [0.717, 1.165) is 0 Å². The van der Waals surface area contributed by atoms with Crippen molar-refractivity contribution in [1.82, 2.24) is 5.32 Å². The van der Waals surface area contributed by atoms with E-state index in [-0.39, 0.29) is 24.5 Å². The van der Waals surface area contributed by atoms with Crippen molar-refractivity contribution in [2.45, 2.75) is 45.3 Å². The molecule has 0 bridgehead atoms. The van der Waals surface area contributed by atoms with Gasteiger partial charge in [0.1, 0.15) is 5.75 Å². The van der Waals surface area contributed by atoms with Crippen LogP contribution in [0.5, 0.6) is 5.75 Å². The van der Waals surface area contributed by atoms with Crippen LogP contribution >= 0.6 is 0 Å². The minimum absolute atomic E-state index is 0.0217. The van der Waals surface area contributed by atoms with Crippen molar-refractivity contribution in [3.05, 3.63) is 29.8 Å². The Morgan fingerprint density at radius 1 is 1.23 bits per heavy atom. The van der Waals surface area contributed by atoms with Crippen molar-refractivity contribution >= 4 is 11.9 Å². The molecular weight excluding hydrogens is 296 g/mol. The average Bonchev–Trinajstić information content (AvgIpc) is 2.43. The molecule has 5 nitrogen and oxygen atoms in total. The van der Waals surface area contributed by atoms with Crippen molar-refractivity contribution < 1.29 is 28.2 Å². The van der Waals surface area contributed by atoms with Crippen molar-refractivity contribution in [2.24, 2.45) is 0 Å². The van der Waals surface area contributed by atoms with E-state index in [1.165, 1.54) is 6.07 Å². The van der Waals surface area contributed by atoms with Gasteiger partial charge in [0.25, 0.3) is 0 Å². The number of carboxylic acids is 1. The molecule has 0 radical (unpaired) electrons. The number of benzene rings is 1. The number of carboxylic acid groups (broad SMARTS) is 1. The third kappa shape index (κ3) is 6.51. The van der Waals surface area contributed by atoms with E-state index in [1.54, 1.807) is 25.1 Å². The molecule has 22 heavy (non-hydrogen) atoms. The lowest BCUT2D eigenvalue weighted by Crippen LogP contribution is -2.26. The number of unbranched alkanes of at least 4 members (excludes halogenated alkanes) is 1. The van der Waals surface area contributed by atoms with Crippen LogP contribution in [0, 0.1) is 0 Å². The van der Waals surface area contributed by atoms with Crippen LogP contribution in [0.3, 0.4) is 0 Å². The smallest absolute Gasteiger partial charge is 0.387 e. The molecule has 0 heterocycles. The molecule has 0 saturated carbocycles. The maximum atomic E-state index is 12.3. The summed E-state index contributed by atoms with van der Waals surface area (Å²) in [5, 5.41) is 11.2. The Morgan fingerprint density at radius 2 is 1.86 bits per heavy atom. The van der Waals surface area contributed by atoms with Gasteiger partial charge in [-0.25, -0.2) is 0 Å². The lowest BCUT2D eigenvalue weighted by atomic mass is 10.1. The fraction of sp³-hybridized carbons (Fsp3) is 0.467. The van der Waals surface area contributed by atoms with Crippen molar-refractivity contribution in [2.75, 3.05) is 0 Å². The predicted octanol–water partition coefficient (Wildman–Crippen LogP) is 3.11. The number of para-hydroxylation sites is 1. The van der Waals surface area contributed by atoms with Gasteiger partial charge < -0.3 is 15.2 Å². The summed E-state index contributed by atoms with van der Waals surface area (Å²) in [4.78, 5) is 22.1. The van der Waals surface area contributed by atoms with Crippen LogP contribution in [0.2, 0.25) is 0 Å². The molecule has 0 aliphatic carbocycles. The number of hydrogen-bond acceptors (Lipinski definition) is 3. The molecule has 1 aromatic carbocycles. The number of aliphatic carboxylic acids is 1. The average molecular weight is 315 g/mol. The third-order valence-electron chi connectivity index (χ3n) is 3.02. The van der Waals surface area contributed by atoms with Crippen LogP contribution in [0.25, 0.3) is 0 Å². The molecule has 0 fully saturated rings. The number of alkyl halides is 2. The number of hydrogen-bond donors (Lipinski definition) is 2. The van der Waals surface area contributed by atoms with Crippen LogP contribution in [-0.2, 0) is 9.59 Å². The van der Waals surface area contributed by atoms with Gasteiger partial charge in [0.05, 0.1) is 6.04 Å². The highest BCUT2D eigenvalue weighted by atomic mass is 19.3. The van der Waals surface area contributed by atoms with Crippen LogP contribution in [-0.4, -0.2) is 23.6 Å². The molecule has 0 aliphatic heterocycles. The molecule has 1 rings (SSSR count). The summed E-state index contributed by atoms with van der Waals surface area (Å²) in [7, 11) is 0. The fourth-order valence-electron chi connectivity index (χ4n) is 1.99. The van der Waals surface area contributed by atoms with Gasteiger partial charge in [0.15, 0.2) is 0 Å². The van der Waals surface area contributed by atoms with Gasteiger partial charge in [-0.05, 0) is 25.8 Å². The van der Waals surface area contributed by atoms with Gasteiger partial charge in [0, 0.05) is 18.4 Å². The quantitative estimate of drug-likeness (QED) is 0.687. The standard InChI is InChI=1S/C15H19F2NO4/c1-10(18-13(19)8-4-5-9-14(20)21)11-6-2-3-7-12(11)22-15(16)17/h2-3,6-7,10,15H,4-5,8-9H2,1H3,(H,18,19)(H,20,21). The van der Waals surface area contributed by atoms with E-state index in [4.69, 9.17) is 5.11 Å². The monoisotopic (exact) mass is 315 g/mol. The van der Waals surface area contributed by atoms with E-state index >= 15 is 0 Å². The second kappa shape index (κ2) is 8.96. The molecule has 7 heteroatoms. The van der Waals surface area contributed by atoms with E-state index in [1.807, 2.05) is 0 Å². The van der Waals surface area contributed by atoms with Crippen LogP contribution in [0.1, 0.15) is 44.2 Å². The van der Waals surface area contributed by atoms with Crippen LogP contribution < -0.4 is 10.1 Å². The van der Waals surface area contributed by atoms with Crippen molar-refractivity contribution in [3.8, 4) is 5.75 Å². The van der Waals surface area contributed by atoms with Gasteiger partial charge >= 0.3 is 12.6 Å². The van der Waals surface area contributed by atoms with Crippen LogP contribution in [0.4, 0.5) is 8.78 Å². The number of ether oxygens (including phenoxy) is 1. The number of amides is 1. The molecule has 1 atom stereocenters. The van der Waals surface area contributed by atoms with E-state index in [2.05, 4.69) is 10.1 Å². The highest BCUT2D eigenvalue weighted by molar-refractivity contribution is 5.76. The minimum Gasteiger partial charge on any atom is -0.481 e. The van der Waals surface area contributed by atoms with Gasteiger partial charge in [-0.15, -0.1) is 0 Å². The maximum Gasteiger partial charge on any atom is 0.387 e. The Labute approximate surface area is 127 Å². The largest absolute Gasteiger partial charge is 0.481 e. The van der Waals surface area contributed by atoms with Gasteiger partial charge in [-0.3, -0.25) is 9.59 Å². The van der Waals surface area contributed by atoms with E-state index in [9.17, 15) is 18.4 Å². The summed E-state index contributed by atoms with van der Waals surface area (Å²) >= 11 is 0. The molecule has 0 aromatic heterocycles. The highest BCUT2D eigenvalue weighted by Crippen LogP contribution is 2.26. The number of nitrogens with one attached hydrogen (secondary N) is 1. The summed E-state index contributed by atoms with van der Waals surface area (Å²) < 4.78 is 29.1. The third-order valence-corrected chi connectivity index (χ3v) is 3.02. The van der Waals surface area contributed by atoms with Crippen molar-refractivity contribution in [1.29, 1.82) is 0 Å². The first-order chi connectivity index (χ1) is 10.4. The number of carbonyl (C=O) groups is 2. The zero-order chi connectivity index (χ0) is 16.5. The number of halogens is 2. The Kier molecular flexibility index (Phi) is 7.28. The maximum absolute atomic E-state index is 12.3. The zero-order valence-electron chi connectivity index (χ0n) is 12.2. The molecule has 1 amide bonds. The van der Waals surface area contributed by atoms with E-state index in [0.29, 0.717) is 18.4 Å². The minimum atomic E-state index is -2.93. The SMILES string of the molecule is CC(NC(=O)CCCCC(=O)O)c1ccccc1OC(F)F. The Hall–Kier alpha value is -2.18. The molecule has 122 valence electrons. The molecule has 0 aliphatic rings. The predicted molar refractivity (Wildman–Crippen MR) is 75.7 cm³/mol. The lowest BCUT2D eigenvalue weighted by Gasteiger charge is -2.18. The first-order valence-electron chi connectivity index (χ1n) is 6.95. The Bertz CT molecular complexity index is 508. The molecule has 2 N–H and O–H groups in total. The first kappa shape index (κ1) is 17.9. The molecular formula is C15H19F2NO4. The topological polar surface area (TPSA) is 75.6 Å². The van der Waals surface area contributed by atoms with Gasteiger partial charge in [-0.2, -0.15) is 8.78 Å². The Balaban J connectivity index is 2.52. The van der Waals surface area contributed by atoms with E-state index < -0.39 is 18.6 Å². The zero-order valence-corrected chi connectivity index (χ0v) is 12.2. The summed E-state index contributed by atoms with van der Waals surface area (Å²) in [6.45, 7) is -1.26. The highest BCUT2D eigenvalue weighted by Gasteiger charge is 2.16. The van der Waals surface area contributed by atoms with Gasteiger partial charge in [0.2, 0.25) is 5.91 Å². The molecule has 0 spiro atoms. The summed E-state index contributed by atoms with van der Waals surface area (Å²) in [6.07, 6.45) is 1.09. The second-order valence-corrected chi connectivity index (χ2v) is 4.81. The molecule has 1 unspecified atom stereocenters. The second-order valence-electron chi connectivity index (χ2n) is 4.81. The number of carbonyl (C=O) groups excluding carboxylic acids is 1. The van der Waals surface area contributed by atoms with Crippen molar-refractivity contribution in [3.63, 3.8) is 0 Å². The fourth-order valence-corrected chi connectivity index (χ4v) is 1.99. The first-order valence-corrected chi connectivity index (χ1v) is 6.95. The summed E-state index contributed by atoms with van der Waals surface area (Å²) in [6, 6.07) is 5.77. The number of rotatable bonds is 9. The molecule has 0 saturated heterocycles. The van der Waals surface area contributed by atoms with Crippen LogP contribution in [0.15, 0.2) is 24.3 Å². The summed E-state index contributed by atoms with van der Waals surface area (Å²) in [5.74, 6) is -1.13. The summed E-state index contributed by atoms with van der Waals surface area (Å²) in [5.41, 5.74) is 0.460. The van der Waals surface area contributed by atoms with Gasteiger partial charge in [-0.1, -0.05) is 18.2 Å². The normalized spacial score (nSPS) is 12.0. The molecule has 1 aromatic rings.